The van der Waals surface area contributed by atoms with Gasteiger partial charge in [-0.2, -0.15) is 0 Å². The van der Waals surface area contributed by atoms with Crippen molar-refractivity contribution >= 4 is 17.3 Å². The van der Waals surface area contributed by atoms with Crippen LogP contribution < -0.4 is 14.8 Å². The van der Waals surface area contributed by atoms with Gasteiger partial charge in [-0.25, -0.2) is 0 Å². The maximum absolute atomic E-state index is 12.7. The van der Waals surface area contributed by atoms with Crippen LogP contribution in [0.3, 0.4) is 0 Å². The number of aromatic nitrogens is 1. The molecule has 8 heteroatoms. The van der Waals surface area contributed by atoms with Gasteiger partial charge in [-0.05, 0) is 41.8 Å². The maximum atomic E-state index is 12.7. The van der Waals surface area contributed by atoms with Crippen LogP contribution in [-0.4, -0.2) is 30.0 Å². The molecule has 1 amide bonds. The molecule has 0 unspecified atom stereocenters. The van der Waals surface area contributed by atoms with E-state index in [1.807, 2.05) is 24.3 Å². The van der Waals surface area contributed by atoms with Crippen LogP contribution in [-0.2, 0) is 6.42 Å². The Hall–Kier alpha value is -3.94. The SMILES string of the molecule is COc1cc(C(=O)Nc2ccc(Cc3ccncc3)cc2)c([N+](=O)[O-])cc1OC. The lowest BCUT2D eigenvalue weighted by atomic mass is 10.1. The molecule has 8 nitrogen and oxygen atoms in total. The summed E-state index contributed by atoms with van der Waals surface area (Å²) in [4.78, 5) is 27.4. The van der Waals surface area contributed by atoms with Crippen molar-refractivity contribution in [2.75, 3.05) is 19.5 Å². The van der Waals surface area contributed by atoms with Gasteiger partial charge in [0.1, 0.15) is 5.56 Å². The number of rotatable bonds is 7. The summed E-state index contributed by atoms with van der Waals surface area (Å²) in [6.07, 6.45) is 4.21. The van der Waals surface area contributed by atoms with Crippen molar-refractivity contribution in [2.24, 2.45) is 0 Å². The second-order valence-corrected chi connectivity index (χ2v) is 6.16. The summed E-state index contributed by atoms with van der Waals surface area (Å²) in [5, 5.41) is 14.1. The van der Waals surface area contributed by atoms with Crippen LogP contribution in [0.2, 0.25) is 0 Å². The average Bonchev–Trinajstić information content (AvgIpc) is 2.74. The van der Waals surface area contributed by atoms with Gasteiger partial charge in [-0.3, -0.25) is 19.9 Å². The van der Waals surface area contributed by atoms with Crippen LogP contribution in [0.4, 0.5) is 11.4 Å². The Bertz CT molecular complexity index is 1020. The van der Waals surface area contributed by atoms with Gasteiger partial charge in [-0.15, -0.1) is 0 Å². The Morgan fingerprint density at radius 3 is 2.17 bits per heavy atom. The van der Waals surface area contributed by atoms with Crippen molar-refractivity contribution in [3.63, 3.8) is 0 Å². The predicted octanol–water partition coefficient (Wildman–Crippen LogP) is 3.85. The summed E-state index contributed by atoms with van der Waals surface area (Å²) in [6.45, 7) is 0. The first-order valence-corrected chi connectivity index (χ1v) is 8.71. The van der Waals surface area contributed by atoms with E-state index in [4.69, 9.17) is 9.47 Å². The molecule has 148 valence electrons. The van der Waals surface area contributed by atoms with Crippen molar-refractivity contribution in [1.29, 1.82) is 0 Å². The highest BCUT2D eigenvalue weighted by atomic mass is 16.6. The number of hydrogen-bond acceptors (Lipinski definition) is 6. The largest absolute Gasteiger partial charge is 0.493 e. The Kier molecular flexibility index (Phi) is 6.03. The average molecular weight is 393 g/mol. The number of hydrogen-bond donors (Lipinski definition) is 1. The van der Waals surface area contributed by atoms with Crippen molar-refractivity contribution in [3.05, 3.63) is 87.7 Å². The lowest BCUT2D eigenvalue weighted by Gasteiger charge is -2.11. The number of benzene rings is 2. The topological polar surface area (TPSA) is 104 Å². The fraction of sp³-hybridized carbons (Fsp3) is 0.143. The van der Waals surface area contributed by atoms with E-state index in [1.54, 1.807) is 24.5 Å². The van der Waals surface area contributed by atoms with Gasteiger partial charge in [0.25, 0.3) is 11.6 Å². The van der Waals surface area contributed by atoms with E-state index in [0.717, 1.165) is 17.5 Å². The number of pyridine rings is 1. The molecule has 0 aliphatic heterocycles. The summed E-state index contributed by atoms with van der Waals surface area (Å²) in [6, 6.07) is 13.6. The Balaban J connectivity index is 1.80. The van der Waals surface area contributed by atoms with Crippen molar-refractivity contribution < 1.29 is 19.2 Å². The van der Waals surface area contributed by atoms with Gasteiger partial charge in [-0.1, -0.05) is 12.1 Å². The van der Waals surface area contributed by atoms with Gasteiger partial charge in [0.15, 0.2) is 11.5 Å². The molecule has 3 aromatic rings. The Labute approximate surface area is 167 Å². The van der Waals surface area contributed by atoms with Crippen LogP contribution in [0.25, 0.3) is 0 Å². The first-order chi connectivity index (χ1) is 14.0. The maximum Gasteiger partial charge on any atom is 0.286 e. The molecule has 0 bridgehead atoms. The molecular weight excluding hydrogens is 374 g/mol. The number of anilines is 1. The number of amides is 1. The fourth-order valence-corrected chi connectivity index (χ4v) is 2.84. The molecule has 1 aromatic heterocycles. The number of nitrogens with zero attached hydrogens (tertiary/aromatic N) is 2. The van der Waals surface area contributed by atoms with Crippen molar-refractivity contribution in [3.8, 4) is 11.5 Å². The molecule has 1 heterocycles. The minimum absolute atomic E-state index is 0.117. The standard InChI is InChI=1S/C21H19N3O5/c1-28-19-12-17(18(24(26)27)13-20(19)29-2)21(25)23-16-5-3-14(4-6-16)11-15-7-9-22-10-8-15/h3-10,12-13H,11H2,1-2H3,(H,23,25). The summed E-state index contributed by atoms with van der Waals surface area (Å²) in [5.41, 5.74) is 2.23. The second-order valence-electron chi connectivity index (χ2n) is 6.16. The molecule has 29 heavy (non-hydrogen) atoms. The normalized spacial score (nSPS) is 10.3. The minimum atomic E-state index is -0.630. The molecule has 2 aromatic carbocycles. The Morgan fingerprint density at radius 1 is 1.00 bits per heavy atom. The number of nitrogens with one attached hydrogen (secondary N) is 1. The zero-order valence-electron chi connectivity index (χ0n) is 15.9. The number of methoxy groups -OCH3 is 2. The molecule has 0 aliphatic carbocycles. The van der Waals surface area contributed by atoms with Crippen LogP contribution in [0.1, 0.15) is 21.5 Å². The van der Waals surface area contributed by atoms with E-state index in [2.05, 4.69) is 10.3 Å². The second kappa shape index (κ2) is 8.83. The van der Waals surface area contributed by atoms with E-state index >= 15 is 0 Å². The fourth-order valence-electron chi connectivity index (χ4n) is 2.84. The van der Waals surface area contributed by atoms with E-state index in [-0.39, 0.29) is 22.7 Å². The summed E-state index contributed by atoms with van der Waals surface area (Å²) < 4.78 is 10.2. The molecule has 0 atom stereocenters. The number of nitro groups is 1. The number of carbonyl (C=O) groups is 1. The molecule has 0 saturated heterocycles. The van der Waals surface area contributed by atoms with E-state index in [0.29, 0.717) is 5.69 Å². The third-order valence-corrected chi connectivity index (χ3v) is 4.31. The quantitative estimate of drug-likeness (QED) is 0.483. The van der Waals surface area contributed by atoms with E-state index in [1.165, 1.54) is 26.4 Å². The summed E-state index contributed by atoms with van der Waals surface area (Å²) in [5.74, 6) is -0.202. The molecule has 1 N–H and O–H groups in total. The van der Waals surface area contributed by atoms with Crippen molar-refractivity contribution in [1.82, 2.24) is 4.98 Å². The third-order valence-electron chi connectivity index (χ3n) is 4.31. The number of ether oxygens (including phenoxy) is 2. The van der Waals surface area contributed by atoms with Gasteiger partial charge in [0.2, 0.25) is 0 Å². The highest BCUT2D eigenvalue weighted by molar-refractivity contribution is 6.07. The van der Waals surface area contributed by atoms with E-state index in [9.17, 15) is 14.9 Å². The third kappa shape index (κ3) is 4.67. The van der Waals surface area contributed by atoms with Crippen LogP contribution >= 0.6 is 0 Å². The van der Waals surface area contributed by atoms with Gasteiger partial charge in [0.05, 0.1) is 25.2 Å². The van der Waals surface area contributed by atoms with Crippen LogP contribution in [0.15, 0.2) is 60.9 Å². The molecule has 0 saturated carbocycles. The highest BCUT2D eigenvalue weighted by Crippen LogP contribution is 2.34. The van der Waals surface area contributed by atoms with Crippen LogP contribution in [0.5, 0.6) is 11.5 Å². The first kappa shape index (κ1) is 19.8. The summed E-state index contributed by atoms with van der Waals surface area (Å²) in [7, 11) is 2.77. The predicted molar refractivity (Wildman–Crippen MR) is 108 cm³/mol. The monoisotopic (exact) mass is 393 g/mol. The number of carbonyl (C=O) groups excluding carboxylic acids is 1. The number of nitro benzene ring substituents is 1. The molecule has 0 spiro atoms. The molecule has 0 aliphatic rings. The minimum Gasteiger partial charge on any atom is -0.493 e. The lowest BCUT2D eigenvalue weighted by molar-refractivity contribution is -0.385. The molecular formula is C21H19N3O5. The lowest BCUT2D eigenvalue weighted by Crippen LogP contribution is -2.14. The zero-order chi connectivity index (χ0) is 20.8. The molecule has 0 fully saturated rings. The summed E-state index contributed by atoms with van der Waals surface area (Å²) >= 11 is 0. The smallest absolute Gasteiger partial charge is 0.286 e. The molecule has 0 radical (unpaired) electrons. The van der Waals surface area contributed by atoms with Gasteiger partial charge in [0, 0.05) is 24.1 Å². The van der Waals surface area contributed by atoms with E-state index < -0.39 is 10.8 Å². The zero-order valence-corrected chi connectivity index (χ0v) is 15.9. The first-order valence-electron chi connectivity index (χ1n) is 8.71. The van der Waals surface area contributed by atoms with Gasteiger partial charge < -0.3 is 14.8 Å². The Morgan fingerprint density at radius 2 is 1.59 bits per heavy atom. The molecule has 3 rings (SSSR count). The van der Waals surface area contributed by atoms with Crippen LogP contribution in [0, 0.1) is 10.1 Å². The van der Waals surface area contributed by atoms with Gasteiger partial charge >= 0.3 is 0 Å². The highest BCUT2D eigenvalue weighted by Gasteiger charge is 2.24. The van der Waals surface area contributed by atoms with Crippen molar-refractivity contribution in [2.45, 2.75) is 6.42 Å².